The second-order valence-corrected chi connectivity index (χ2v) is 10.0. The second kappa shape index (κ2) is 10.1. The van der Waals surface area contributed by atoms with Crippen LogP contribution in [0.15, 0.2) is 24.3 Å². The van der Waals surface area contributed by atoms with Gasteiger partial charge in [-0.1, -0.05) is 12.1 Å². The van der Waals surface area contributed by atoms with Crippen LogP contribution in [-0.2, 0) is 37.2 Å². The monoisotopic (exact) mass is 499 g/mol. The van der Waals surface area contributed by atoms with Crippen LogP contribution in [0.5, 0.6) is 0 Å². The normalized spacial score (nSPS) is 27.9. The number of hydroxylamine groups is 2. The second-order valence-electron chi connectivity index (χ2n) is 8.42. The highest BCUT2D eigenvalue weighted by Gasteiger charge is 2.57. The number of phosphoric ester groups is 1. The van der Waals surface area contributed by atoms with E-state index in [-0.39, 0.29) is 19.8 Å². The van der Waals surface area contributed by atoms with Crippen molar-refractivity contribution < 1.29 is 46.8 Å². The van der Waals surface area contributed by atoms with Crippen LogP contribution in [0.2, 0.25) is 0 Å². The fourth-order valence-corrected chi connectivity index (χ4v) is 5.58. The van der Waals surface area contributed by atoms with Crippen molar-refractivity contribution in [2.45, 2.75) is 70.9 Å². The standard InChI is InChI=1S/C22H30NO10P/c1-5-28-34(26,29-6-2)33-17-16(30-21-18(17)31-22(3,4)32-21)12-9-13-27-23-19(24)14-10-7-8-11-15(14)20(23)25/h7-8,10-11,16-18,21H,5-6,9,12-13H2,1-4H3/t16-,17+,18-,21-/m1/s1. The van der Waals surface area contributed by atoms with Gasteiger partial charge in [0.2, 0.25) is 0 Å². The number of hydrogen-bond donors (Lipinski definition) is 0. The molecule has 4 atom stereocenters. The van der Waals surface area contributed by atoms with Gasteiger partial charge in [0, 0.05) is 0 Å². The number of amides is 2. The Kier molecular flexibility index (Phi) is 7.56. The molecule has 34 heavy (non-hydrogen) atoms. The summed E-state index contributed by atoms with van der Waals surface area (Å²) in [4.78, 5) is 30.3. The number of phosphoric acid groups is 1. The highest BCUT2D eigenvalue weighted by Crippen LogP contribution is 2.54. The van der Waals surface area contributed by atoms with Gasteiger partial charge < -0.3 is 14.2 Å². The maximum atomic E-state index is 13.0. The Morgan fingerprint density at radius 1 is 1.03 bits per heavy atom. The predicted octanol–water partition coefficient (Wildman–Crippen LogP) is 3.44. The quantitative estimate of drug-likeness (QED) is 0.254. The van der Waals surface area contributed by atoms with E-state index in [1.165, 1.54) is 0 Å². The smallest absolute Gasteiger partial charge is 0.344 e. The van der Waals surface area contributed by atoms with Crippen molar-refractivity contribution in [1.82, 2.24) is 5.06 Å². The Bertz CT molecular complexity index is 924. The van der Waals surface area contributed by atoms with E-state index >= 15 is 0 Å². The van der Waals surface area contributed by atoms with Gasteiger partial charge in [-0.15, -0.1) is 5.06 Å². The summed E-state index contributed by atoms with van der Waals surface area (Å²) in [6.07, 6.45) is -1.88. The summed E-state index contributed by atoms with van der Waals surface area (Å²) in [7, 11) is -3.85. The molecule has 4 rings (SSSR count). The Hall–Kier alpha value is -1.69. The summed E-state index contributed by atoms with van der Waals surface area (Å²) in [5.74, 6) is -1.88. The molecule has 2 fully saturated rings. The molecule has 0 aliphatic carbocycles. The van der Waals surface area contributed by atoms with Crippen molar-refractivity contribution >= 4 is 19.6 Å². The molecule has 2 saturated heterocycles. The molecule has 0 unspecified atom stereocenters. The lowest BCUT2D eigenvalue weighted by Crippen LogP contribution is -2.37. The summed E-state index contributed by atoms with van der Waals surface area (Å²) < 4.78 is 47.1. The molecule has 3 heterocycles. The molecule has 12 heteroatoms. The van der Waals surface area contributed by atoms with Gasteiger partial charge in [-0.25, -0.2) is 4.57 Å². The van der Waals surface area contributed by atoms with Gasteiger partial charge in [0.1, 0.15) is 12.2 Å². The molecule has 3 aliphatic rings. The third kappa shape index (κ3) is 5.12. The Morgan fingerprint density at radius 2 is 1.65 bits per heavy atom. The van der Waals surface area contributed by atoms with E-state index < -0.39 is 50.0 Å². The molecule has 188 valence electrons. The van der Waals surface area contributed by atoms with E-state index in [0.29, 0.717) is 24.0 Å². The number of carbonyl (C=O) groups is 2. The minimum Gasteiger partial charge on any atom is -0.344 e. The zero-order valence-electron chi connectivity index (χ0n) is 19.6. The van der Waals surface area contributed by atoms with Crippen molar-refractivity contribution in [1.29, 1.82) is 0 Å². The van der Waals surface area contributed by atoms with E-state index in [9.17, 15) is 14.2 Å². The van der Waals surface area contributed by atoms with Gasteiger partial charge >= 0.3 is 7.82 Å². The number of nitrogens with zero attached hydrogens (tertiary/aromatic N) is 1. The van der Waals surface area contributed by atoms with Crippen molar-refractivity contribution in [2.75, 3.05) is 19.8 Å². The lowest BCUT2D eigenvalue weighted by molar-refractivity contribution is -0.215. The molecule has 1 aromatic carbocycles. The first-order valence-corrected chi connectivity index (χ1v) is 12.8. The number of carbonyl (C=O) groups excluding carboxylic acids is 2. The minimum absolute atomic E-state index is 0.0785. The van der Waals surface area contributed by atoms with Crippen LogP contribution in [0.3, 0.4) is 0 Å². The zero-order chi connectivity index (χ0) is 24.5. The maximum absolute atomic E-state index is 13.0. The highest BCUT2D eigenvalue weighted by atomic mass is 31.2. The summed E-state index contributed by atoms with van der Waals surface area (Å²) in [6, 6.07) is 6.55. The van der Waals surface area contributed by atoms with E-state index in [1.807, 2.05) is 0 Å². The molecule has 11 nitrogen and oxygen atoms in total. The lowest BCUT2D eigenvalue weighted by atomic mass is 10.1. The summed E-state index contributed by atoms with van der Waals surface area (Å²) in [6.45, 7) is 7.24. The van der Waals surface area contributed by atoms with E-state index in [4.69, 9.17) is 32.6 Å². The molecule has 3 aliphatic heterocycles. The first-order chi connectivity index (χ1) is 16.2. The molecule has 0 saturated carbocycles. The molecule has 0 radical (unpaired) electrons. The fourth-order valence-electron chi connectivity index (χ4n) is 4.19. The zero-order valence-corrected chi connectivity index (χ0v) is 20.5. The molecular weight excluding hydrogens is 469 g/mol. The van der Waals surface area contributed by atoms with Crippen LogP contribution < -0.4 is 0 Å². The van der Waals surface area contributed by atoms with Crippen molar-refractivity contribution in [3.8, 4) is 0 Å². The average Bonchev–Trinajstić information content (AvgIpc) is 3.33. The number of rotatable bonds is 11. The van der Waals surface area contributed by atoms with Gasteiger partial charge in [0.15, 0.2) is 12.1 Å². The SMILES string of the molecule is CCOP(=O)(OCC)O[C@@H]1[C@H]2OC(C)(C)O[C@H]2O[C@@H]1CCCON1C(=O)c2ccccc2C1=O. The minimum atomic E-state index is -3.85. The van der Waals surface area contributed by atoms with Gasteiger partial charge in [-0.05, 0) is 52.7 Å². The van der Waals surface area contributed by atoms with Crippen molar-refractivity contribution in [2.24, 2.45) is 0 Å². The number of benzene rings is 1. The van der Waals surface area contributed by atoms with E-state index in [1.54, 1.807) is 52.0 Å². The molecule has 0 N–H and O–H groups in total. The number of imide groups is 1. The van der Waals surface area contributed by atoms with Crippen LogP contribution in [0, 0.1) is 0 Å². The Morgan fingerprint density at radius 3 is 2.24 bits per heavy atom. The van der Waals surface area contributed by atoms with Crippen LogP contribution in [0.25, 0.3) is 0 Å². The highest BCUT2D eigenvalue weighted by molar-refractivity contribution is 7.48. The first kappa shape index (κ1) is 25.4. The molecule has 1 aromatic rings. The largest absolute Gasteiger partial charge is 0.475 e. The van der Waals surface area contributed by atoms with E-state index in [0.717, 1.165) is 5.06 Å². The summed E-state index contributed by atoms with van der Waals surface area (Å²) in [5, 5.41) is 0.774. The van der Waals surface area contributed by atoms with Crippen molar-refractivity contribution in [3.05, 3.63) is 35.4 Å². The predicted molar refractivity (Wildman–Crippen MR) is 117 cm³/mol. The lowest BCUT2D eigenvalue weighted by Gasteiger charge is -2.28. The molecule has 0 bridgehead atoms. The maximum Gasteiger partial charge on any atom is 0.475 e. The average molecular weight is 499 g/mol. The van der Waals surface area contributed by atoms with Gasteiger partial charge in [-0.2, -0.15) is 0 Å². The van der Waals surface area contributed by atoms with Gasteiger partial charge in [0.05, 0.1) is 37.1 Å². The van der Waals surface area contributed by atoms with Gasteiger partial charge in [-0.3, -0.25) is 28.0 Å². The molecule has 0 aromatic heterocycles. The molecule has 2 amide bonds. The number of fused-ring (bicyclic) bond motifs is 2. The number of ether oxygens (including phenoxy) is 3. The molecule has 0 spiro atoms. The number of hydrogen-bond acceptors (Lipinski definition) is 10. The fraction of sp³-hybridized carbons (Fsp3) is 0.636. The summed E-state index contributed by atoms with van der Waals surface area (Å²) >= 11 is 0. The van der Waals surface area contributed by atoms with Crippen molar-refractivity contribution in [3.63, 3.8) is 0 Å². The third-order valence-electron chi connectivity index (χ3n) is 5.52. The van der Waals surface area contributed by atoms with Crippen LogP contribution in [0.4, 0.5) is 0 Å². The summed E-state index contributed by atoms with van der Waals surface area (Å²) in [5.41, 5.74) is 0.625. The topological polar surface area (TPSA) is 119 Å². The third-order valence-corrected chi connectivity index (χ3v) is 7.17. The Labute approximate surface area is 198 Å². The van der Waals surface area contributed by atoms with Crippen LogP contribution in [0.1, 0.15) is 61.3 Å². The van der Waals surface area contributed by atoms with E-state index in [2.05, 4.69) is 0 Å². The first-order valence-electron chi connectivity index (χ1n) is 11.4. The van der Waals surface area contributed by atoms with Crippen LogP contribution >= 0.6 is 7.82 Å². The molecular formula is C22H30NO10P. The Balaban J connectivity index is 1.37. The van der Waals surface area contributed by atoms with Gasteiger partial charge in [0.25, 0.3) is 11.8 Å². The van der Waals surface area contributed by atoms with Crippen LogP contribution in [-0.4, -0.2) is 67.1 Å².